The van der Waals surface area contributed by atoms with Gasteiger partial charge in [-0.05, 0) is 48.9 Å². The van der Waals surface area contributed by atoms with Crippen molar-refractivity contribution in [2.75, 3.05) is 18.0 Å². The molecule has 5 heteroatoms. The molecule has 1 saturated heterocycles. The number of rotatable bonds is 2. The molecule has 3 aromatic rings. The first-order valence-electron chi connectivity index (χ1n) is 8.64. The summed E-state index contributed by atoms with van der Waals surface area (Å²) in [6.07, 6.45) is 3.06. The first kappa shape index (κ1) is 15.1. The SMILES string of the molecule is Cc1ccc(N2CC(C)CC(C)C2)nc1-c1[nH]nc2ncccc12. The van der Waals surface area contributed by atoms with Gasteiger partial charge in [0.05, 0.1) is 11.4 Å². The average Bonchev–Trinajstić information content (AvgIpc) is 2.98. The molecule has 0 saturated carbocycles. The number of H-pyrrole nitrogens is 1. The van der Waals surface area contributed by atoms with Crippen LogP contribution < -0.4 is 4.90 Å². The number of aryl methyl sites for hydroxylation is 1. The topological polar surface area (TPSA) is 57.7 Å². The number of fused-ring (bicyclic) bond motifs is 1. The van der Waals surface area contributed by atoms with Crippen LogP contribution in [0.5, 0.6) is 0 Å². The van der Waals surface area contributed by atoms with Gasteiger partial charge in [-0.25, -0.2) is 9.97 Å². The van der Waals surface area contributed by atoms with Gasteiger partial charge in [0.25, 0.3) is 0 Å². The van der Waals surface area contributed by atoms with Crippen LogP contribution in [-0.2, 0) is 0 Å². The van der Waals surface area contributed by atoms with Gasteiger partial charge in [0, 0.05) is 24.7 Å². The second kappa shape index (κ2) is 5.89. The summed E-state index contributed by atoms with van der Waals surface area (Å²) in [5.74, 6) is 2.47. The Morgan fingerprint density at radius 2 is 1.92 bits per heavy atom. The molecule has 1 fully saturated rings. The van der Waals surface area contributed by atoms with E-state index in [1.807, 2.05) is 12.1 Å². The van der Waals surface area contributed by atoms with E-state index < -0.39 is 0 Å². The molecule has 2 atom stereocenters. The van der Waals surface area contributed by atoms with E-state index in [0.29, 0.717) is 11.8 Å². The van der Waals surface area contributed by atoms with Crippen LogP contribution in [0.2, 0.25) is 0 Å². The summed E-state index contributed by atoms with van der Waals surface area (Å²) in [6.45, 7) is 8.89. The molecular formula is C19H23N5. The Hall–Kier alpha value is -2.43. The largest absolute Gasteiger partial charge is 0.356 e. The highest BCUT2D eigenvalue weighted by Gasteiger charge is 2.23. The number of nitrogens with one attached hydrogen (secondary N) is 1. The fraction of sp³-hybridized carbons (Fsp3) is 0.421. The summed E-state index contributed by atoms with van der Waals surface area (Å²) in [6, 6.07) is 8.28. The van der Waals surface area contributed by atoms with Gasteiger partial charge in [-0.2, -0.15) is 5.10 Å². The van der Waals surface area contributed by atoms with Gasteiger partial charge in [0.1, 0.15) is 5.82 Å². The lowest BCUT2D eigenvalue weighted by Crippen LogP contribution is -2.39. The highest BCUT2D eigenvalue weighted by molar-refractivity contribution is 5.90. The second-order valence-electron chi connectivity index (χ2n) is 7.16. The lowest BCUT2D eigenvalue weighted by atomic mass is 9.92. The zero-order valence-electron chi connectivity index (χ0n) is 14.5. The molecule has 3 aromatic heterocycles. The highest BCUT2D eigenvalue weighted by Crippen LogP contribution is 2.30. The van der Waals surface area contributed by atoms with Crippen molar-refractivity contribution in [1.82, 2.24) is 20.2 Å². The third kappa shape index (κ3) is 2.64. The summed E-state index contributed by atoms with van der Waals surface area (Å²) in [4.78, 5) is 11.7. The van der Waals surface area contributed by atoms with E-state index >= 15 is 0 Å². The summed E-state index contributed by atoms with van der Waals surface area (Å²) >= 11 is 0. The molecule has 1 N–H and O–H groups in total. The van der Waals surface area contributed by atoms with E-state index in [4.69, 9.17) is 4.98 Å². The van der Waals surface area contributed by atoms with Gasteiger partial charge in [-0.1, -0.05) is 19.9 Å². The smallest absolute Gasteiger partial charge is 0.181 e. The average molecular weight is 321 g/mol. The molecule has 0 amide bonds. The molecule has 0 aliphatic carbocycles. The summed E-state index contributed by atoms with van der Waals surface area (Å²) < 4.78 is 0. The number of aromatic amines is 1. The monoisotopic (exact) mass is 321 g/mol. The van der Waals surface area contributed by atoms with Crippen molar-refractivity contribution in [1.29, 1.82) is 0 Å². The number of piperidine rings is 1. The van der Waals surface area contributed by atoms with E-state index in [9.17, 15) is 0 Å². The van der Waals surface area contributed by atoms with Gasteiger partial charge in [-0.15, -0.1) is 0 Å². The Morgan fingerprint density at radius 1 is 1.12 bits per heavy atom. The summed E-state index contributed by atoms with van der Waals surface area (Å²) in [5.41, 5.74) is 3.80. The molecule has 4 heterocycles. The second-order valence-corrected chi connectivity index (χ2v) is 7.16. The Morgan fingerprint density at radius 3 is 2.71 bits per heavy atom. The van der Waals surface area contributed by atoms with Crippen molar-refractivity contribution >= 4 is 16.9 Å². The molecule has 0 radical (unpaired) electrons. The van der Waals surface area contributed by atoms with Crippen LogP contribution in [0.3, 0.4) is 0 Å². The maximum absolute atomic E-state index is 4.98. The van der Waals surface area contributed by atoms with Crippen LogP contribution in [0.4, 0.5) is 5.82 Å². The minimum Gasteiger partial charge on any atom is -0.356 e. The van der Waals surface area contributed by atoms with E-state index in [2.05, 4.69) is 53.0 Å². The Labute approximate surface area is 142 Å². The van der Waals surface area contributed by atoms with E-state index in [1.165, 1.54) is 6.42 Å². The summed E-state index contributed by atoms with van der Waals surface area (Å²) in [7, 11) is 0. The minimum absolute atomic E-state index is 0.706. The highest BCUT2D eigenvalue weighted by atomic mass is 15.2. The predicted octanol–water partition coefficient (Wildman–Crippen LogP) is 3.81. The molecule has 1 aliphatic rings. The van der Waals surface area contributed by atoms with Gasteiger partial charge in [-0.3, -0.25) is 5.10 Å². The molecule has 0 bridgehead atoms. The number of nitrogens with zero attached hydrogens (tertiary/aromatic N) is 4. The zero-order chi connectivity index (χ0) is 16.7. The molecule has 4 rings (SSSR count). The predicted molar refractivity (Wildman–Crippen MR) is 97.0 cm³/mol. The minimum atomic E-state index is 0.706. The molecule has 0 aromatic carbocycles. The molecule has 1 aliphatic heterocycles. The number of hydrogen-bond acceptors (Lipinski definition) is 4. The lowest BCUT2D eigenvalue weighted by Gasteiger charge is -2.36. The lowest BCUT2D eigenvalue weighted by molar-refractivity contribution is 0.355. The van der Waals surface area contributed by atoms with Crippen molar-refractivity contribution < 1.29 is 0 Å². The van der Waals surface area contributed by atoms with Gasteiger partial charge in [0.2, 0.25) is 0 Å². The van der Waals surface area contributed by atoms with Gasteiger partial charge >= 0.3 is 0 Å². The molecule has 24 heavy (non-hydrogen) atoms. The first-order valence-corrected chi connectivity index (χ1v) is 8.64. The van der Waals surface area contributed by atoms with Gasteiger partial charge in [0.15, 0.2) is 5.65 Å². The van der Waals surface area contributed by atoms with E-state index in [1.54, 1.807) is 6.20 Å². The number of pyridine rings is 2. The van der Waals surface area contributed by atoms with Crippen molar-refractivity contribution in [3.05, 3.63) is 36.0 Å². The third-order valence-corrected chi connectivity index (χ3v) is 4.84. The maximum Gasteiger partial charge on any atom is 0.181 e. The fourth-order valence-electron chi connectivity index (χ4n) is 3.83. The standard InChI is InChI=1S/C19H23N5/c1-12-9-13(2)11-24(10-12)16-7-6-14(3)17(21-16)18-15-5-4-8-20-19(15)23-22-18/h4-8,12-13H,9-11H2,1-3H3,(H,20,22,23). The third-order valence-electron chi connectivity index (χ3n) is 4.84. The molecule has 0 spiro atoms. The Kier molecular flexibility index (Phi) is 3.71. The van der Waals surface area contributed by atoms with Crippen LogP contribution in [0.1, 0.15) is 25.8 Å². The van der Waals surface area contributed by atoms with Crippen LogP contribution in [-0.4, -0.2) is 33.3 Å². The van der Waals surface area contributed by atoms with Crippen LogP contribution >= 0.6 is 0 Å². The molecule has 5 nitrogen and oxygen atoms in total. The maximum atomic E-state index is 4.98. The van der Waals surface area contributed by atoms with Crippen molar-refractivity contribution in [2.45, 2.75) is 27.2 Å². The zero-order valence-corrected chi connectivity index (χ0v) is 14.5. The van der Waals surface area contributed by atoms with E-state index in [-0.39, 0.29) is 0 Å². The van der Waals surface area contributed by atoms with E-state index in [0.717, 1.165) is 46.9 Å². The van der Waals surface area contributed by atoms with Crippen LogP contribution in [0.25, 0.3) is 22.4 Å². The van der Waals surface area contributed by atoms with Crippen LogP contribution in [0.15, 0.2) is 30.5 Å². The molecule has 2 unspecified atom stereocenters. The molecular weight excluding hydrogens is 298 g/mol. The normalized spacial score (nSPS) is 21.4. The van der Waals surface area contributed by atoms with Crippen molar-refractivity contribution in [3.63, 3.8) is 0 Å². The quantitative estimate of drug-likeness (QED) is 0.780. The Bertz CT molecular complexity index is 859. The number of aromatic nitrogens is 4. The molecule has 124 valence electrons. The fourth-order valence-corrected chi connectivity index (χ4v) is 3.83. The summed E-state index contributed by atoms with van der Waals surface area (Å²) in [5, 5.41) is 8.46. The number of hydrogen-bond donors (Lipinski definition) is 1. The van der Waals surface area contributed by atoms with Crippen LogP contribution in [0, 0.1) is 18.8 Å². The number of anilines is 1. The first-order chi connectivity index (χ1) is 11.6. The van der Waals surface area contributed by atoms with Gasteiger partial charge < -0.3 is 4.90 Å². The van der Waals surface area contributed by atoms with Crippen molar-refractivity contribution in [3.8, 4) is 11.4 Å². The van der Waals surface area contributed by atoms with Crippen molar-refractivity contribution in [2.24, 2.45) is 11.8 Å². The Balaban J connectivity index is 1.77.